The van der Waals surface area contributed by atoms with E-state index in [0.29, 0.717) is 25.0 Å². The van der Waals surface area contributed by atoms with Gasteiger partial charge in [-0.1, -0.05) is 20.8 Å². The first kappa shape index (κ1) is 14.4. The molecule has 4 heteroatoms. The fourth-order valence-corrected chi connectivity index (χ4v) is 1.36. The summed E-state index contributed by atoms with van der Waals surface area (Å²) in [6.45, 7) is 7.41. The minimum Gasteiger partial charge on any atom is -0.384 e. The number of hydrogen-bond donors (Lipinski definition) is 2. The molecular weight excluding hydrogens is 192 g/mol. The molecule has 1 unspecified atom stereocenters. The number of nitrogens with one attached hydrogen (secondary N) is 1. The molecule has 2 atom stereocenters. The van der Waals surface area contributed by atoms with E-state index in [1.807, 2.05) is 6.92 Å². The Bertz CT molecular complexity index is 183. The number of nitrogens with two attached hydrogens (primary N) is 1. The number of hydrogen-bond acceptors (Lipinski definition) is 3. The SMILES string of the molecule is COCC(C)CNC(=O)[C@@H](N)CC(C)C. The molecule has 0 aromatic heterocycles. The van der Waals surface area contributed by atoms with Gasteiger partial charge in [-0.2, -0.15) is 0 Å². The molecule has 0 rings (SSSR count). The second kappa shape index (κ2) is 7.65. The smallest absolute Gasteiger partial charge is 0.236 e. The van der Waals surface area contributed by atoms with Crippen LogP contribution in [-0.2, 0) is 9.53 Å². The molecule has 0 saturated carbocycles. The van der Waals surface area contributed by atoms with Crippen LogP contribution in [0.5, 0.6) is 0 Å². The second-order valence-corrected chi connectivity index (χ2v) is 4.54. The number of methoxy groups -OCH3 is 1. The van der Waals surface area contributed by atoms with Crippen molar-refractivity contribution in [2.24, 2.45) is 17.6 Å². The number of ether oxygens (including phenoxy) is 1. The van der Waals surface area contributed by atoms with E-state index in [1.54, 1.807) is 7.11 Å². The first-order valence-electron chi connectivity index (χ1n) is 5.49. The van der Waals surface area contributed by atoms with E-state index in [4.69, 9.17) is 10.5 Å². The fraction of sp³-hybridized carbons (Fsp3) is 0.909. The van der Waals surface area contributed by atoms with Gasteiger partial charge in [-0.05, 0) is 18.3 Å². The van der Waals surface area contributed by atoms with Gasteiger partial charge < -0.3 is 15.8 Å². The van der Waals surface area contributed by atoms with E-state index in [9.17, 15) is 4.79 Å². The lowest BCUT2D eigenvalue weighted by atomic mass is 10.0. The molecule has 90 valence electrons. The van der Waals surface area contributed by atoms with E-state index >= 15 is 0 Å². The average molecular weight is 216 g/mol. The van der Waals surface area contributed by atoms with Crippen molar-refractivity contribution in [2.45, 2.75) is 33.2 Å². The molecule has 0 fully saturated rings. The minimum atomic E-state index is -0.389. The predicted octanol–water partition coefficient (Wildman–Crippen LogP) is 0.759. The molecule has 0 spiro atoms. The summed E-state index contributed by atoms with van der Waals surface area (Å²) in [5, 5.41) is 2.83. The Balaban J connectivity index is 3.72. The molecule has 15 heavy (non-hydrogen) atoms. The molecular formula is C11H24N2O2. The molecule has 0 aliphatic rings. The lowest BCUT2D eigenvalue weighted by molar-refractivity contribution is -0.122. The van der Waals surface area contributed by atoms with E-state index in [-0.39, 0.29) is 11.9 Å². The molecule has 0 saturated heterocycles. The third-order valence-corrected chi connectivity index (χ3v) is 2.14. The van der Waals surface area contributed by atoms with Crippen LogP contribution < -0.4 is 11.1 Å². The zero-order valence-electron chi connectivity index (χ0n) is 10.2. The molecule has 0 aliphatic carbocycles. The van der Waals surface area contributed by atoms with Crippen LogP contribution in [0.4, 0.5) is 0 Å². The maximum Gasteiger partial charge on any atom is 0.236 e. The summed E-state index contributed by atoms with van der Waals surface area (Å²) in [7, 11) is 1.66. The molecule has 0 heterocycles. The van der Waals surface area contributed by atoms with Crippen molar-refractivity contribution in [3.05, 3.63) is 0 Å². The summed E-state index contributed by atoms with van der Waals surface area (Å²) in [6, 6.07) is -0.389. The largest absolute Gasteiger partial charge is 0.384 e. The van der Waals surface area contributed by atoms with E-state index in [0.717, 1.165) is 6.42 Å². The maximum atomic E-state index is 11.5. The minimum absolute atomic E-state index is 0.0633. The van der Waals surface area contributed by atoms with Gasteiger partial charge in [-0.25, -0.2) is 0 Å². The van der Waals surface area contributed by atoms with Crippen LogP contribution in [0.1, 0.15) is 27.2 Å². The van der Waals surface area contributed by atoms with Gasteiger partial charge in [0.15, 0.2) is 0 Å². The second-order valence-electron chi connectivity index (χ2n) is 4.54. The van der Waals surface area contributed by atoms with Crippen molar-refractivity contribution in [3.63, 3.8) is 0 Å². The molecule has 0 radical (unpaired) electrons. The maximum absolute atomic E-state index is 11.5. The van der Waals surface area contributed by atoms with Gasteiger partial charge >= 0.3 is 0 Å². The third kappa shape index (κ3) is 7.33. The van der Waals surface area contributed by atoms with Gasteiger partial charge in [0.2, 0.25) is 5.91 Å². The zero-order valence-corrected chi connectivity index (χ0v) is 10.2. The van der Waals surface area contributed by atoms with Gasteiger partial charge in [-0.3, -0.25) is 4.79 Å². The summed E-state index contributed by atoms with van der Waals surface area (Å²) < 4.78 is 4.98. The van der Waals surface area contributed by atoms with Gasteiger partial charge in [0.05, 0.1) is 12.6 Å². The molecule has 4 nitrogen and oxygen atoms in total. The summed E-state index contributed by atoms with van der Waals surface area (Å²) in [4.78, 5) is 11.5. The van der Waals surface area contributed by atoms with Crippen molar-refractivity contribution in [1.82, 2.24) is 5.32 Å². The molecule has 0 bridgehead atoms. The zero-order chi connectivity index (χ0) is 11.8. The molecule has 3 N–H and O–H groups in total. The normalized spacial score (nSPS) is 15.1. The number of rotatable bonds is 7. The van der Waals surface area contributed by atoms with Crippen LogP contribution in [-0.4, -0.2) is 32.2 Å². The Morgan fingerprint density at radius 2 is 2.00 bits per heavy atom. The van der Waals surface area contributed by atoms with E-state index in [1.165, 1.54) is 0 Å². The van der Waals surface area contributed by atoms with Crippen LogP contribution in [0.2, 0.25) is 0 Å². The molecule has 0 aliphatic heterocycles. The van der Waals surface area contributed by atoms with E-state index in [2.05, 4.69) is 19.2 Å². The fourth-order valence-electron chi connectivity index (χ4n) is 1.36. The Kier molecular flexibility index (Phi) is 7.34. The number of carbonyl (C=O) groups excluding carboxylic acids is 1. The van der Waals surface area contributed by atoms with Gasteiger partial charge in [0, 0.05) is 13.7 Å². The average Bonchev–Trinajstić information content (AvgIpc) is 2.13. The number of amides is 1. The molecule has 1 amide bonds. The highest BCUT2D eigenvalue weighted by Crippen LogP contribution is 2.02. The standard InChI is InChI=1S/C11H24N2O2/c1-8(2)5-10(12)11(14)13-6-9(3)7-15-4/h8-10H,5-7,12H2,1-4H3,(H,13,14)/t9?,10-/m0/s1. The molecule has 0 aromatic carbocycles. The summed E-state index contributed by atoms with van der Waals surface area (Å²) in [6.07, 6.45) is 0.727. The van der Waals surface area contributed by atoms with Crippen molar-refractivity contribution in [2.75, 3.05) is 20.3 Å². The summed E-state index contributed by atoms with van der Waals surface area (Å²) in [5.74, 6) is 0.707. The highest BCUT2D eigenvalue weighted by Gasteiger charge is 2.15. The Hall–Kier alpha value is -0.610. The Morgan fingerprint density at radius 3 is 2.47 bits per heavy atom. The topological polar surface area (TPSA) is 64.3 Å². The van der Waals surface area contributed by atoms with E-state index < -0.39 is 0 Å². The Labute approximate surface area is 92.6 Å². The van der Waals surface area contributed by atoms with Crippen LogP contribution in [0.3, 0.4) is 0 Å². The van der Waals surface area contributed by atoms with Crippen molar-refractivity contribution in [1.29, 1.82) is 0 Å². The first-order valence-corrected chi connectivity index (χ1v) is 5.49. The van der Waals surface area contributed by atoms with Gasteiger partial charge in [0.25, 0.3) is 0 Å². The highest BCUT2D eigenvalue weighted by molar-refractivity contribution is 5.81. The van der Waals surface area contributed by atoms with Crippen molar-refractivity contribution >= 4 is 5.91 Å². The van der Waals surface area contributed by atoms with Crippen LogP contribution in [0.25, 0.3) is 0 Å². The monoisotopic (exact) mass is 216 g/mol. The summed E-state index contributed by atoms with van der Waals surface area (Å²) >= 11 is 0. The lowest BCUT2D eigenvalue weighted by Gasteiger charge is -2.16. The van der Waals surface area contributed by atoms with Crippen molar-refractivity contribution in [3.8, 4) is 0 Å². The quantitative estimate of drug-likeness (QED) is 0.660. The third-order valence-electron chi connectivity index (χ3n) is 2.14. The summed E-state index contributed by atoms with van der Waals surface area (Å²) in [5.41, 5.74) is 5.74. The first-order chi connectivity index (χ1) is 6.97. The Morgan fingerprint density at radius 1 is 1.40 bits per heavy atom. The van der Waals surface area contributed by atoms with Gasteiger partial charge in [0.1, 0.15) is 0 Å². The lowest BCUT2D eigenvalue weighted by Crippen LogP contribution is -2.43. The van der Waals surface area contributed by atoms with Crippen molar-refractivity contribution < 1.29 is 9.53 Å². The van der Waals surface area contributed by atoms with Gasteiger partial charge in [-0.15, -0.1) is 0 Å². The van der Waals surface area contributed by atoms with Crippen LogP contribution in [0.15, 0.2) is 0 Å². The van der Waals surface area contributed by atoms with Crippen LogP contribution >= 0.6 is 0 Å². The molecule has 0 aromatic rings. The van der Waals surface area contributed by atoms with Crippen LogP contribution in [0, 0.1) is 11.8 Å². The predicted molar refractivity (Wildman–Crippen MR) is 61.5 cm³/mol. The number of carbonyl (C=O) groups is 1. The highest BCUT2D eigenvalue weighted by atomic mass is 16.5.